The van der Waals surface area contributed by atoms with E-state index < -0.39 is 0 Å². The van der Waals surface area contributed by atoms with Gasteiger partial charge in [0, 0.05) is 17.9 Å². The Balaban J connectivity index is 2.15. The Morgan fingerprint density at radius 3 is 2.40 bits per heavy atom. The highest BCUT2D eigenvalue weighted by atomic mass is 32.1. The van der Waals surface area contributed by atoms with E-state index in [1.165, 1.54) is 11.3 Å². The molecule has 0 saturated carbocycles. The monoisotopic (exact) mass is 292 g/mol. The average Bonchev–Trinajstić information content (AvgIpc) is 2.96. The van der Waals surface area contributed by atoms with Crippen molar-refractivity contribution in [1.29, 1.82) is 0 Å². The van der Waals surface area contributed by atoms with Crippen LogP contribution in [-0.2, 0) is 6.42 Å². The highest BCUT2D eigenvalue weighted by Crippen LogP contribution is 2.29. The minimum Gasteiger partial charge on any atom is -0.496 e. The molecule has 2 rings (SSSR count). The van der Waals surface area contributed by atoms with Crippen LogP contribution in [0.1, 0.15) is 15.2 Å². The molecule has 0 saturated heterocycles. The fourth-order valence-electron chi connectivity index (χ4n) is 1.84. The standard InChI is InChI=1S/C15H16O4S/c1-17-11-8-15(20-9-11)12(16)6-10-4-5-13(18-2)14(7-10)19-3/h4-5,7-9H,6H2,1-3H3. The van der Waals surface area contributed by atoms with Crippen LogP contribution in [0.2, 0.25) is 0 Å². The number of hydrogen-bond acceptors (Lipinski definition) is 5. The van der Waals surface area contributed by atoms with Crippen LogP contribution in [0.4, 0.5) is 0 Å². The summed E-state index contributed by atoms with van der Waals surface area (Å²) >= 11 is 1.39. The Hall–Kier alpha value is -2.01. The van der Waals surface area contributed by atoms with Crippen LogP contribution in [0.3, 0.4) is 0 Å². The number of thiophene rings is 1. The molecule has 0 unspecified atom stereocenters. The quantitative estimate of drug-likeness (QED) is 0.767. The molecule has 20 heavy (non-hydrogen) atoms. The second-order valence-electron chi connectivity index (χ2n) is 4.14. The summed E-state index contributed by atoms with van der Waals surface area (Å²) in [7, 11) is 4.75. The summed E-state index contributed by atoms with van der Waals surface area (Å²) in [4.78, 5) is 12.9. The molecule has 1 aromatic carbocycles. The molecule has 1 aromatic heterocycles. The van der Waals surface area contributed by atoms with Crippen molar-refractivity contribution in [1.82, 2.24) is 0 Å². The van der Waals surface area contributed by atoms with Crippen LogP contribution in [0.5, 0.6) is 17.2 Å². The number of rotatable bonds is 6. The van der Waals surface area contributed by atoms with Crippen molar-refractivity contribution >= 4 is 17.1 Å². The molecule has 0 aliphatic carbocycles. The molecule has 4 nitrogen and oxygen atoms in total. The first kappa shape index (κ1) is 14.4. The van der Waals surface area contributed by atoms with E-state index >= 15 is 0 Å². The van der Waals surface area contributed by atoms with Gasteiger partial charge in [-0.05, 0) is 17.7 Å². The summed E-state index contributed by atoms with van der Waals surface area (Å²) < 4.78 is 15.5. The third-order valence-electron chi connectivity index (χ3n) is 2.90. The predicted octanol–water partition coefficient (Wildman–Crippen LogP) is 3.20. The van der Waals surface area contributed by atoms with Crippen molar-refractivity contribution in [2.75, 3.05) is 21.3 Å². The molecule has 0 atom stereocenters. The summed E-state index contributed by atoms with van der Waals surface area (Å²) in [5, 5.41) is 1.82. The molecule has 0 aliphatic heterocycles. The summed E-state index contributed by atoms with van der Waals surface area (Å²) in [6.45, 7) is 0. The molecule has 0 N–H and O–H groups in total. The summed E-state index contributed by atoms with van der Waals surface area (Å²) in [6.07, 6.45) is 0.323. The third kappa shape index (κ3) is 3.11. The van der Waals surface area contributed by atoms with Crippen LogP contribution in [0.15, 0.2) is 29.6 Å². The highest BCUT2D eigenvalue weighted by Gasteiger charge is 2.12. The van der Waals surface area contributed by atoms with Gasteiger partial charge < -0.3 is 14.2 Å². The first-order valence-corrected chi connectivity index (χ1v) is 6.92. The molecule has 0 spiro atoms. The van der Waals surface area contributed by atoms with Crippen molar-refractivity contribution in [2.45, 2.75) is 6.42 Å². The molecule has 106 valence electrons. The van der Waals surface area contributed by atoms with Gasteiger partial charge in [-0.15, -0.1) is 11.3 Å². The Kier molecular flexibility index (Phi) is 4.63. The lowest BCUT2D eigenvalue weighted by molar-refractivity contribution is 0.0996. The molecule has 0 amide bonds. The first-order valence-electron chi connectivity index (χ1n) is 6.04. The molecule has 2 aromatic rings. The van der Waals surface area contributed by atoms with Crippen LogP contribution in [0, 0.1) is 0 Å². The fraction of sp³-hybridized carbons (Fsp3) is 0.267. The van der Waals surface area contributed by atoms with Gasteiger partial charge in [0.25, 0.3) is 0 Å². The second kappa shape index (κ2) is 6.43. The first-order chi connectivity index (χ1) is 9.67. The molecule has 5 heteroatoms. The van der Waals surface area contributed by atoms with Crippen molar-refractivity contribution < 1.29 is 19.0 Å². The van der Waals surface area contributed by atoms with Gasteiger partial charge in [0.2, 0.25) is 0 Å². The van der Waals surface area contributed by atoms with Gasteiger partial charge in [-0.1, -0.05) is 6.07 Å². The Labute approximate surface area is 121 Å². The van der Waals surface area contributed by atoms with Gasteiger partial charge in [-0.3, -0.25) is 4.79 Å². The van der Waals surface area contributed by atoms with E-state index in [1.54, 1.807) is 33.5 Å². The number of benzene rings is 1. The Morgan fingerprint density at radius 2 is 1.80 bits per heavy atom. The van der Waals surface area contributed by atoms with Crippen molar-refractivity contribution in [3.8, 4) is 17.2 Å². The smallest absolute Gasteiger partial charge is 0.177 e. The van der Waals surface area contributed by atoms with E-state index in [-0.39, 0.29) is 5.78 Å². The van der Waals surface area contributed by atoms with Gasteiger partial charge in [0.1, 0.15) is 5.75 Å². The van der Waals surface area contributed by atoms with E-state index in [0.717, 1.165) is 5.56 Å². The number of hydrogen-bond donors (Lipinski definition) is 0. The summed E-state index contributed by atoms with van der Waals surface area (Å²) in [5.41, 5.74) is 0.889. The maximum atomic E-state index is 12.2. The van der Waals surface area contributed by atoms with Crippen molar-refractivity contribution in [2.24, 2.45) is 0 Å². The SMILES string of the molecule is COc1csc(C(=O)Cc2ccc(OC)c(OC)c2)c1. The zero-order valence-corrected chi connectivity index (χ0v) is 12.5. The number of carbonyl (C=O) groups excluding carboxylic acids is 1. The van der Waals surface area contributed by atoms with E-state index in [9.17, 15) is 4.79 Å². The topological polar surface area (TPSA) is 44.8 Å². The highest BCUT2D eigenvalue weighted by molar-refractivity contribution is 7.12. The molecule has 0 fully saturated rings. The molecular weight excluding hydrogens is 276 g/mol. The van der Waals surface area contributed by atoms with Crippen LogP contribution < -0.4 is 14.2 Å². The van der Waals surface area contributed by atoms with Crippen LogP contribution >= 0.6 is 11.3 Å². The largest absolute Gasteiger partial charge is 0.496 e. The maximum absolute atomic E-state index is 12.2. The summed E-state index contributed by atoms with van der Waals surface area (Å²) in [6, 6.07) is 7.25. The zero-order valence-electron chi connectivity index (χ0n) is 11.6. The minimum atomic E-state index is 0.0607. The number of Topliss-reactive ketones (excluding diaryl/α,β-unsaturated/α-hetero) is 1. The van der Waals surface area contributed by atoms with Gasteiger partial charge in [-0.2, -0.15) is 0 Å². The number of carbonyl (C=O) groups is 1. The molecule has 0 aliphatic rings. The lowest BCUT2D eigenvalue weighted by Crippen LogP contribution is -2.02. The lowest BCUT2D eigenvalue weighted by atomic mass is 10.1. The van der Waals surface area contributed by atoms with Gasteiger partial charge in [0.05, 0.1) is 26.2 Å². The minimum absolute atomic E-state index is 0.0607. The summed E-state index contributed by atoms with van der Waals surface area (Å²) in [5.74, 6) is 2.05. The average molecular weight is 292 g/mol. The Bertz CT molecular complexity index is 604. The van der Waals surface area contributed by atoms with Crippen molar-refractivity contribution in [3.05, 3.63) is 40.1 Å². The third-order valence-corrected chi connectivity index (χ3v) is 3.85. The zero-order chi connectivity index (χ0) is 14.5. The molecule has 0 radical (unpaired) electrons. The second-order valence-corrected chi connectivity index (χ2v) is 5.05. The van der Waals surface area contributed by atoms with Gasteiger partial charge >= 0.3 is 0 Å². The van der Waals surface area contributed by atoms with E-state index in [4.69, 9.17) is 14.2 Å². The number of methoxy groups -OCH3 is 3. The van der Waals surface area contributed by atoms with E-state index in [1.807, 2.05) is 17.5 Å². The molecular formula is C15H16O4S. The van der Waals surface area contributed by atoms with Crippen LogP contribution in [0.25, 0.3) is 0 Å². The van der Waals surface area contributed by atoms with Crippen LogP contribution in [-0.4, -0.2) is 27.1 Å². The maximum Gasteiger partial charge on any atom is 0.177 e. The fourth-order valence-corrected chi connectivity index (χ4v) is 2.63. The predicted molar refractivity (Wildman–Crippen MR) is 78.5 cm³/mol. The van der Waals surface area contributed by atoms with Gasteiger partial charge in [-0.25, -0.2) is 0 Å². The van der Waals surface area contributed by atoms with Gasteiger partial charge in [0.15, 0.2) is 17.3 Å². The normalized spacial score (nSPS) is 10.2. The Morgan fingerprint density at radius 1 is 1.05 bits per heavy atom. The lowest BCUT2D eigenvalue weighted by Gasteiger charge is -2.08. The van der Waals surface area contributed by atoms with E-state index in [2.05, 4.69) is 0 Å². The number of ether oxygens (including phenoxy) is 3. The number of ketones is 1. The van der Waals surface area contributed by atoms with E-state index in [0.29, 0.717) is 28.5 Å². The van der Waals surface area contributed by atoms with Crippen molar-refractivity contribution in [3.63, 3.8) is 0 Å². The molecule has 1 heterocycles. The molecule has 0 bridgehead atoms.